The third-order valence-electron chi connectivity index (χ3n) is 2.76. The molecule has 0 spiro atoms. The summed E-state index contributed by atoms with van der Waals surface area (Å²) in [4.78, 5) is 14.9. The summed E-state index contributed by atoms with van der Waals surface area (Å²) in [6.07, 6.45) is 0. The van der Waals surface area contributed by atoms with Crippen LogP contribution in [0.4, 0.5) is 0 Å². The Balaban J connectivity index is 2.52. The Hall–Kier alpha value is -1.00. The van der Waals surface area contributed by atoms with Crippen molar-refractivity contribution in [3.05, 3.63) is 29.8 Å². The molecule has 0 radical (unpaired) electrons. The topological polar surface area (TPSA) is 32.3 Å². The molecule has 1 amide bonds. The first kappa shape index (κ1) is 15.1. The molecule has 0 aromatic heterocycles. The van der Waals surface area contributed by atoms with E-state index in [0.717, 1.165) is 24.5 Å². The minimum absolute atomic E-state index is 0.212. The van der Waals surface area contributed by atoms with E-state index in [0.29, 0.717) is 5.75 Å². The standard InChI is InChI=1S/C14H22N2OS/c1-4-16(5-2)14(17)11-18-13-8-6-7-12(9-13)10-15-3/h6-9,15H,4-5,10-11H2,1-3H3. The summed E-state index contributed by atoms with van der Waals surface area (Å²) in [6.45, 7) is 6.46. The summed E-state index contributed by atoms with van der Waals surface area (Å²) < 4.78 is 0. The fourth-order valence-corrected chi connectivity index (χ4v) is 2.64. The number of hydrogen-bond acceptors (Lipinski definition) is 3. The molecule has 1 N–H and O–H groups in total. The van der Waals surface area contributed by atoms with Crippen molar-refractivity contribution in [2.45, 2.75) is 25.3 Å². The lowest BCUT2D eigenvalue weighted by atomic mass is 10.2. The van der Waals surface area contributed by atoms with E-state index in [2.05, 4.69) is 23.5 Å². The summed E-state index contributed by atoms with van der Waals surface area (Å²) in [6, 6.07) is 8.32. The Morgan fingerprint density at radius 3 is 2.67 bits per heavy atom. The van der Waals surface area contributed by atoms with E-state index < -0.39 is 0 Å². The lowest BCUT2D eigenvalue weighted by Gasteiger charge is -2.18. The molecule has 18 heavy (non-hydrogen) atoms. The molecule has 0 bridgehead atoms. The number of carbonyl (C=O) groups is 1. The molecule has 0 heterocycles. The zero-order chi connectivity index (χ0) is 13.4. The van der Waals surface area contributed by atoms with Crippen LogP contribution in [0, 0.1) is 0 Å². The fraction of sp³-hybridized carbons (Fsp3) is 0.500. The smallest absolute Gasteiger partial charge is 0.232 e. The zero-order valence-corrected chi connectivity index (χ0v) is 12.2. The number of rotatable bonds is 7. The maximum atomic E-state index is 11.9. The maximum absolute atomic E-state index is 11.9. The minimum Gasteiger partial charge on any atom is -0.343 e. The number of thioether (sulfide) groups is 1. The van der Waals surface area contributed by atoms with Crippen LogP contribution in [0.3, 0.4) is 0 Å². The molecular weight excluding hydrogens is 244 g/mol. The van der Waals surface area contributed by atoms with Gasteiger partial charge in [-0.2, -0.15) is 0 Å². The van der Waals surface area contributed by atoms with E-state index in [-0.39, 0.29) is 5.91 Å². The van der Waals surface area contributed by atoms with Gasteiger partial charge in [0.05, 0.1) is 5.75 Å². The lowest BCUT2D eigenvalue weighted by molar-refractivity contribution is -0.127. The normalized spacial score (nSPS) is 10.4. The predicted molar refractivity (Wildman–Crippen MR) is 77.9 cm³/mol. The molecule has 0 saturated carbocycles. The Morgan fingerprint density at radius 2 is 2.06 bits per heavy atom. The van der Waals surface area contributed by atoms with Gasteiger partial charge < -0.3 is 10.2 Å². The highest BCUT2D eigenvalue weighted by Crippen LogP contribution is 2.19. The van der Waals surface area contributed by atoms with Gasteiger partial charge >= 0.3 is 0 Å². The molecule has 0 atom stereocenters. The third-order valence-corrected chi connectivity index (χ3v) is 3.74. The molecule has 0 unspecified atom stereocenters. The summed E-state index contributed by atoms with van der Waals surface area (Å²) >= 11 is 1.61. The van der Waals surface area contributed by atoms with Crippen LogP contribution in [-0.4, -0.2) is 36.7 Å². The monoisotopic (exact) mass is 266 g/mol. The van der Waals surface area contributed by atoms with Crippen molar-refractivity contribution in [2.24, 2.45) is 0 Å². The maximum Gasteiger partial charge on any atom is 0.232 e. The number of nitrogens with one attached hydrogen (secondary N) is 1. The average molecular weight is 266 g/mol. The summed E-state index contributed by atoms with van der Waals surface area (Å²) in [5.74, 6) is 0.731. The quantitative estimate of drug-likeness (QED) is 0.769. The largest absolute Gasteiger partial charge is 0.343 e. The van der Waals surface area contributed by atoms with Crippen molar-refractivity contribution < 1.29 is 4.79 Å². The molecule has 1 aromatic rings. The molecule has 1 aromatic carbocycles. The van der Waals surface area contributed by atoms with Crippen LogP contribution in [0.15, 0.2) is 29.2 Å². The molecule has 0 aliphatic heterocycles. The van der Waals surface area contributed by atoms with E-state index >= 15 is 0 Å². The second-order valence-electron chi connectivity index (χ2n) is 4.03. The van der Waals surface area contributed by atoms with E-state index in [1.165, 1.54) is 5.56 Å². The van der Waals surface area contributed by atoms with Gasteiger partial charge in [0.1, 0.15) is 0 Å². The average Bonchev–Trinajstić information content (AvgIpc) is 2.39. The van der Waals surface area contributed by atoms with Crippen molar-refractivity contribution in [3.8, 4) is 0 Å². The highest BCUT2D eigenvalue weighted by Gasteiger charge is 2.09. The summed E-state index contributed by atoms with van der Waals surface area (Å²) in [7, 11) is 1.93. The molecule has 4 heteroatoms. The highest BCUT2D eigenvalue weighted by molar-refractivity contribution is 8.00. The number of amides is 1. The van der Waals surface area contributed by atoms with Gasteiger partial charge in [0.25, 0.3) is 0 Å². The number of hydrogen-bond donors (Lipinski definition) is 1. The molecule has 3 nitrogen and oxygen atoms in total. The van der Waals surface area contributed by atoms with Crippen LogP contribution in [0.2, 0.25) is 0 Å². The minimum atomic E-state index is 0.212. The third kappa shape index (κ3) is 4.70. The molecule has 1 rings (SSSR count). The predicted octanol–water partition coefficient (Wildman–Crippen LogP) is 2.37. The second-order valence-corrected chi connectivity index (χ2v) is 5.08. The molecule has 0 saturated heterocycles. The van der Waals surface area contributed by atoms with E-state index in [9.17, 15) is 4.79 Å². The van der Waals surface area contributed by atoms with Gasteiger partial charge in [-0.1, -0.05) is 12.1 Å². The van der Waals surface area contributed by atoms with Gasteiger partial charge in [0.2, 0.25) is 5.91 Å². The second kappa shape index (κ2) is 8.16. The van der Waals surface area contributed by atoms with Gasteiger partial charge in [0, 0.05) is 24.5 Å². The fourth-order valence-electron chi connectivity index (χ4n) is 1.76. The number of carbonyl (C=O) groups excluding carboxylic acids is 1. The number of benzene rings is 1. The Labute approximate surface area is 114 Å². The first-order chi connectivity index (χ1) is 8.71. The Kier molecular flexibility index (Phi) is 6.83. The van der Waals surface area contributed by atoms with Crippen molar-refractivity contribution in [1.82, 2.24) is 10.2 Å². The number of nitrogens with zero attached hydrogens (tertiary/aromatic N) is 1. The van der Waals surface area contributed by atoms with Crippen LogP contribution < -0.4 is 5.32 Å². The lowest BCUT2D eigenvalue weighted by Crippen LogP contribution is -2.31. The SMILES string of the molecule is CCN(CC)C(=O)CSc1cccc(CNC)c1. The molecular formula is C14H22N2OS. The summed E-state index contributed by atoms with van der Waals surface area (Å²) in [5, 5.41) is 3.13. The highest BCUT2D eigenvalue weighted by atomic mass is 32.2. The van der Waals surface area contributed by atoms with Gasteiger partial charge in [0.15, 0.2) is 0 Å². The van der Waals surface area contributed by atoms with Crippen molar-refractivity contribution in [2.75, 3.05) is 25.9 Å². The van der Waals surface area contributed by atoms with Crippen molar-refractivity contribution in [3.63, 3.8) is 0 Å². The van der Waals surface area contributed by atoms with Crippen LogP contribution in [0.25, 0.3) is 0 Å². The first-order valence-electron chi connectivity index (χ1n) is 6.35. The Morgan fingerprint density at radius 1 is 1.33 bits per heavy atom. The van der Waals surface area contributed by atoms with Crippen molar-refractivity contribution >= 4 is 17.7 Å². The Bertz CT molecular complexity index is 378. The van der Waals surface area contributed by atoms with Crippen LogP contribution in [-0.2, 0) is 11.3 Å². The van der Waals surface area contributed by atoms with Gasteiger partial charge in [-0.15, -0.1) is 11.8 Å². The molecule has 0 aliphatic carbocycles. The van der Waals surface area contributed by atoms with Gasteiger partial charge in [-0.05, 0) is 38.6 Å². The van der Waals surface area contributed by atoms with Crippen LogP contribution >= 0.6 is 11.8 Å². The van der Waals surface area contributed by atoms with Crippen LogP contribution in [0.1, 0.15) is 19.4 Å². The van der Waals surface area contributed by atoms with Gasteiger partial charge in [-0.3, -0.25) is 4.79 Å². The summed E-state index contributed by atoms with van der Waals surface area (Å²) in [5.41, 5.74) is 1.25. The first-order valence-corrected chi connectivity index (χ1v) is 7.33. The van der Waals surface area contributed by atoms with E-state index in [1.54, 1.807) is 11.8 Å². The van der Waals surface area contributed by atoms with E-state index in [1.807, 2.05) is 31.9 Å². The van der Waals surface area contributed by atoms with E-state index in [4.69, 9.17) is 0 Å². The molecule has 100 valence electrons. The molecule has 0 fully saturated rings. The van der Waals surface area contributed by atoms with Crippen molar-refractivity contribution in [1.29, 1.82) is 0 Å². The van der Waals surface area contributed by atoms with Crippen LogP contribution in [0.5, 0.6) is 0 Å². The van der Waals surface area contributed by atoms with Gasteiger partial charge in [-0.25, -0.2) is 0 Å². The molecule has 0 aliphatic rings. The zero-order valence-electron chi connectivity index (χ0n) is 11.4.